The highest BCUT2D eigenvalue weighted by Gasteiger charge is 2.31. The first-order valence-corrected chi connectivity index (χ1v) is 6.25. The predicted octanol–water partition coefficient (Wildman–Crippen LogP) is 1.44. The largest absolute Gasteiger partial charge is 0.368 e. The van der Waals surface area contributed by atoms with Gasteiger partial charge in [0.1, 0.15) is 0 Å². The minimum atomic E-state index is -0.596. The van der Waals surface area contributed by atoms with Crippen LogP contribution >= 0.6 is 15.9 Å². The van der Waals surface area contributed by atoms with Crippen molar-refractivity contribution in [3.63, 3.8) is 0 Å². The highest BCUT2D eigenvalue weighted by atomic mass is 79.9. The molecule has 0 saturated carbocycles. The minimum Gasteiger partial charge on any atom is -0.368 e. The van der Waals surface area contributed by atoms with Crippen LogP contribution in [-0.4, -0.2) is 36.5 Å². The number of halogens is 2. The van der Waals surface area contributed by atoms with E-state index in [4.69, 9.17) is 5.73 Å². The van der Waals surface area contributed by atoms with E-state index in [1.54, 1.807) is 18.2 Å². The lowest BCUT2D eigenvalue weighted by atomic mass is 9.90. The van der Waals surface area contributed by atoms with Crippen molar-refractivity contribution in [2.75, 3.05) is 19.8 Å². The first-order valence-electron chi connectivity index (χ1n) is 5.46. The Balaban J connectivity index is 2.40. The number of carbonyl (C=O) groups excluding carboxylic acids is 2. The number of nitrogens with two attached hydrogens (primary N) is 1. The molecule has 6 heteroatoms. The van der Waals surface area contributed by atoms with Gasteiger partial charge in [-0.25, -0.2) is 0 Å². The van der Waals surface area contributed by atoms with E-state index in [0.29, 0.717) is 11.1 Å². The first-order chi connectivity index (χ1) is 8.52. The molecule has 0 bridgehead atoms. The number of alkyl halides is 1. The molecule has 0 saturated heterocycles. The van der Waals surface area contributed by atoms with Crippen molar-refractivity contribution in [2.24, 2.45) is 5.73 Å². The van der Waals surface area contributed by atoms with Gasteiger partial charge in [0.15, 0.2) is 0 Å². The van der Waals surface area contributed by atoms with Crippen LogP contribution in [0.2, 0.25) is 0 Å². The molecule has 1 aromatic carbocycles. The molecule has 0 spiro atoms. The molecule has 96 valence electrons. The lowest BCUT2D eigenvalue weighted by Gasteiger charge is -2.32. The smallest absolute Gasteiger partial charge is 0.254 e. The highest BCUT2D eigenvalue weighted by molar-refractivity contribution is 9.10. The van der Waals surface area contributed by atoms with Gasteiger partial charge in [0.05, 0.1) is 13.2 Å². The van der Waals surface area contributed by atoms with Crippen molar-refractivity contribution in [3.8, 4) is 0 Å². The van der Waals surface area contributed by atoms with Crippen molar-refractivity contribution in [1.29, 1.82) is 0 Å². The van der Waals surface area contributed by atoms with E-state index in [1.807, 2.05) is 0 Å². The molecular weight excluding hydrogens is 303 g/mol. The van der Waals surface area contributed by atoms with Crippen molar-refractivity contribution >= 4 is 27.7 Å². The Morgan fingerprint density at radius 1 is 1.56 bits per heavy atom. The number of fused-ring (bicyclic) bond motifs is 1. The molecule has 0 fully saturated rings. The summed E-state index contributed by atoms with van der Waals surface area (Å²) in [4.78, 5) is 24.3. The molecule has 0 radical (unpaired) electrons. The van der Waals surface area contributed by atoms with Crippen LogP contribution in [0.4, 0.5) is 4.39 Å². The molecule has 1 aliphatic heterocycles. The van der Waals surface area contributed by atoms with Crippen molar-refractivity contribution in [1.82, 2.24) is 4.90 Å². The average Bonchev–Trinajstić information content (AvgIpc) is 2.32. The molecule has 0 aromatic heterocycles. The van der Waals surface area contributed by atoms with Gasteiger partial charge in [-0.15, -0.1) is 0 Å². The summed E-state index contributed by atoms with van der Waals surface area (Å²) in [7, 11) is 0. The van der Waals surface area contributed by atoms with E-state index in [9.17, 15) is 14.0 Å². The second kappa shape index (κ2) is 5.06. The molecule has 1 atom stereocenters. The molecule has 1 aliphatic rings. The monoisotopic (exact) mass is 314 g/mol. The summed E-state index contributed by atoms with van der Waals surface area (Å²) in [6.07, 6.45) is 0. The van der Waals surface area contributed by atoms with Crippen LogP contribution in [0.5, 0.6) is 0 Å². The zero-order chi connectivity index (χ0) is 13.3. The first kappa shape index (κ1) is 13.0. The van der Waals surface area contributed by atoms with Gasteiger partial charge in [-0.1, -0.05) is 15.9 Å². The van der Waals surface area contributed by atoms with Gasteiger partial charge in [-0.2, -0.15) is 0 Å². The molecule has 18 heavy (non-hydrogen) atoms. The summed E-state index contributed by atoms with van der Waals surface area (Å²) >= 11 is 3.30. The normalized spacial score (nSPS) is 18.7. The Bertz CT molecular complexity index is 507. The molecule has 1 heterocycles. The van der Waals surface area contributed by atoms with E-state index in [0.717, 1.165) is 4.47 Å². The van der Waals surface area contributed by atoms with Gasteiger partial charge < -0.3 is 10.6 Å². The number of nitrogens with zero attached hydrogens (tertiary/aromatic N) is 1. The van der Waals surface area contributed by atoms with Crippen molar-refractivity contribution in [2.45, 2.75) is 5.92 Å². The van der Waals surface area contributed by atoms with E-state index in [1.165, 1.54) is 4.90 Å². The van der Waals surface area contributed by atoms with Crippen LogP contribution in [0.25, 0.3) is 0 Å². The third-order valence-electron chi connectivity index (χ3n) is 2.94. The number of hydrogen-bond donors (Lipinski definition) is 1. The zero-order valence-electron chi connectivity index (χ0n) is 9.53. The van der Waals surface area contributed by atoms with Crippen LogP contribution in [0.1, 0.15) is 21.8 Å². The Kier molecular flexibility index (Phi) is 3.65. The molecule has 2 rings (SSSR count). The lowest BCUT2D eigenvalue weighted by Crippen LogP contribution is -2.44. The third kappa shape index (κ3) is 2.38. The van der Waals surface area contributed by atoms with Crippen LogP contribution in [0.3, 0.4) is 0 Å². The van der Waals surface area contributed by atoms with Gasteiger partial charge in [0.2, 0.25) is 5.91 Å². The summed E-state index contributed by atoms with van der Waals surface area (Å²) in [6.45, 7) is -0.571. The van der Waals surface area contributed by atoms with Gasteiger partial charge in [-0.05, 0) is 23.8 Å². The number of amides is 2. The van der Waals surface area contributed by atoms with E-state index >= 15 is 0 Å². The van der Waals surface area contributed by atoms with Gasteiger partial charge in [0.25, 0.3) is 5.91 Å². The summed E-state index contributed by atoms with van der Waals surface area (Å²) in [5, 5.41) is 0. The van der Waals surface area contributed by atoms with Crippen molar-refractivity contribution < 1.29 is 14.0 Å². The summed E-state index contributed by atoms with van der Waals surface area (Å²) in [5.41, 5.74) is 6.20. The maximum absolute atomic E-state index is 13.1. The number of primary amides is 1. The topological polar surface area (TPSA) is 63.4 Å². The maximum Gasteiger partial charge on any atom is 0.254 e. The Labute approximate surface area is 112 Å². The molecule has 2 amide bonds. The number of benzene rings is 1. The summed E-state index contributed by atoms with van der Waals surface area (Å²) in [6, 6.07) is 5.11. The van der Waals surface area contributed by atoms with Gasteiger partial charge in [-0.3, -0.25) is 14.0 Å². The number of hydrogen-bond acceptors (Lipinski definition) is 2. The van der Waals surface area contributed by atoms with Gasteiger partial charge >= 0.3 is 0 Å². The maximum atomic E-state index is 13.1. The van der Waals surface area contributed by atoms with Crippen LogP contribution < -0.4 is 5.73 Å². The molecular formula is C12H12BrFN2O2. The fraction of sp³-hybridized carbons (Fsp3) is 0.333. The SMILES string of the molecule is NC(=O)CN1C[C@@H](CF)c2cc(Br)ccc2C1=O. The lowest BCUT2D eigenvalue weighted by molar-refractivity contribution is -0.118. The summed E-state index contributed by atoms with van der Waals surface area (Å²) < 4.78 is 13.9. The zero-order valence-corrected chi connectivity index (χ0v) is 11.1. The van der Waals surface area contributed by atoms with Gasteiger partial charge in [0, 0.05) is 22.5 Å². The second-order valence-corrected chi connectivity index (χ2v) is 5.15. The van der Waals surface area contributed by atoms with E-state index in [-0.39, 0.29) is 19.0 Å². The molecule has 1 aromatic rings. The van der Waals surface area contributed by atoms with Crippen LogP contribution in [0, 0.1) is 0 Å². The number of carbonyl (C=O) groups is 2. The summed E-state index contributed by atoms with van der Waals surface area (Å²) in [5.74, 6) is -1.28. The van der Waals surface area contributed by atoms with Crippen LogP contribution in [0.15, 0.2) is 22.7 Å². The predicted molar refractivity (Wildman–Crippen MR) is 68.0 cm³/mol. The second-order valence-electron chi connectivity index (χ2n) is 4.23. The standard InChI is InChI=1S/C12H12BrFN2O2/c13-8-1-2-9-10(3-8)7(4-14)5-16(12(9)18)6-11(15)17/h1-3,7H,4-6H2,(H2,15,17)/t7-/m1/s1. The van der Waals surface area contributed by atoms with E-state index in [2.05, 4.69) is 15.9 Å². The Hall–Kier alpha value is -1.43. The highest BCUT2D eigenvalue weighted by Crippen LogP contribution is 2.30. The van der Waals surface area contributed by atoms with E-state index < -0.39 is 18.5 Å². The van der Waals surface area contributed by atoms with Crippen molar-refractivity contribution in [3.05, 3.63) is 33.8 Å². The molecule has 0 aliphatic carbocycles. The molecule has 2 N–H and O–H groups in total. The minimum absolute atomic E-state index is 0.176. The third-order valence-corrected chi connectivity index (χ3v) is 3.44. The fourth-order valence-corrected chi connectivity index (χ4v) is 2.52. The average molecular weight is 315 g/mol. The number of rotatable bonds is 3. The van der Waals surface area contributed by atoms with Crippen LogP contribution in [-0.2, 0) is 4.79 Å². The Morgan fingerprint density at radius 3 is 2.89 bits per heavy atom. The quantitative estimate of drug-likeness (QED) is 0.917. The molecule has 4 nitrogen and oxygen atoms in total. The fourth-order valence-electron chi connectivity index (χ4n) is 2.14. The molecule has 0 unspecified atom stereocenters. The Morgan fingerprint density at radius 2 is 2.28 bits per heavy atom.